The highest BCUT2D eigenvalue weighted by Gasteiger charge is 2.34. The van der Waals surface area contributed by atoms with Crippen molar-refractivity contribution >= 4 is 11.9 Å². The number of hydrogen-bond acceptors (Lipinski definition) is 7. The lowest BCUT2D eigenvalue weighted by molar-refractivity contribution is -0.159. The Bertz CT molecular complexity index is 1370. The number of aliphatic hydroxyl groups excluding tert-OH is 1. The van der Waals surface area contributed by atoms with Gasteiger partial charge in [0.25, 0.3) is 0 Å². The fourth-order valence-corrected chi connectivity index (χ4v) is 4.58. The molecule has 1 heterocycles. The van der Waals surface area contributed by atoms with Crippen molar-refractivity contribution in [1.82, 2.24) is 25.5 Å². The monoisotopic (exact) mass is 541 g/mol. The number of H-pyrrole nitrogens is 1. The van der Waals surface area contributed by atoms with Gasteiger partial charge in [0.2, 0.25) is 11.7 Å². The molecule has 2 N–H and O–H groups in total. The first-order valence-electron chi connectivity index (χ1n) is 13.4. The quantitative estimate of drug-likeness (QED) is 0.247. The third-order valence-corrected chi connectivity index (χ3v) is 6.66. The summed E-state index contributed by atoms with van der Waals surface area (Å²) in [5.41, 5.74) is 4.50. The molecule has 0 bridgehead atoms. The Labute approximate surface area is 234 Å². The van der Waals surface area contributed by atoms with Crippen molar-refractivity contribution < 1.29 is 19.4 Å². The standard InChI is InChI=1S/C31H35N5O4/c1-21(2)29(31(39)40-20-24-9-5-4-6-10-24)36(28(38)18-13-22(3)37)19-23-14-16-25(17-15-23)26-11-7-8-12-27(26)30-32-34-35-33-30/h4-12,14-17,21-22,29,37H,13,18-20H2,1-3H3,(H,32,33,34,35). The lowest BCUT2D eigenvalue weighted by Gasteiger charge is -2.33. The molecule has 2 unspecified atom stereocenters. The van der Waals surface area contributed by atoms with Crippen molar-refractivity contribution in [3.8, 4) is 22.5 Å². The number of nitrogens with zero attached hydrogens (tertiary/aromatic N) is 4. The average Bonchev–Trinajstić information content (AvgIpc) is 3.50. The van der Waals surface area contributed by atoms with Gasteiger partial charge in [-0.05, 0) is 46.7 Å². The van der Waals surface area contributed by atoms with Crippen molar-refractivity contribution in [2.45, 2.75) is 58.9 Å². The molecule has 0 spiro atoms. The molecule has 0 aliphatic heterocycles. The zero-order chi connectivity index (χ0) is 28.5. The fraction of sp³-hybridized carbons (Fsp3) is 0.323. The summed E-state index contributed by atoms with van der Waals surface area (Å²) < 4.78 is 5.67. The molecule has 0 fully saturated rings. The lowest BCUT2D eigenvalue weighted by Crippen LogP contribution is -2.48. The maximum atomic E-state index is 13.4. The zero-order valence-corrected chi connectivity index (χ0v) is 23.0. The van der Waals surface area contributed by atoms with Gasteiger partial charge in [0.05, 0.1) is 6.10 Å². The molecule has 1 amide bonds. The van der Waals surface area contributed by atoms with E-state index in [9.17, 15) is 14.7 Å². The minimum atomic E-state index is -0.774. The van der Waals surface area contributed by atoms with Crippen LogP contribution in [0.3, 0.4) is 0 Å². The van der Waals surface area contributed by atoms with Crippen LogP contribution in [0.15, 0.2) is 78.9 Å². The van der Waals surface area contributed by atoms with Crippen LogP contribution in [-0.2, 0) is 27.5 Å². The summed E-state index contributed by atoms with van der Waals surface area (Å²) in [6.45, 7) is 5.82. The van der Waals surface area contributed by atoms with Gasteiger partial charge in [0.15, 0.2) is 0 Å². The summed E-state index contributed by atoms with van der Waals surface area (Å²) >= 11 is 0. The molecule has 0 aliphatic carbocycles. The summed E-state index contributed by atoms with van der Waals surface area (Å²) in [5, 5.41) is 24.2. The normalized spacial score (nSPS) is 12.6. The van der Waals surface area contributed by atoms with Crippen LogP contribution in [0.2, 0.25) is 0 Å². The first-order valence-corrected chi connectivity index (χ1v) is 13.4. The molecule has 9 nitrogen and oxygen atoms in total. The van der Waals surface area contributed by atoms with Crippen LogP contribution in [0.5, 0.6) is 0 Å². The van der Waals surface area contributed by atoms with Gasteiger partial charge in [-0.3, -0.25) is 4.79 Å². The second-order valence-corrected chi connectivity index (χ2v) is 10.2. The third kappa shape index (κ3) is 7.39. The number of benzene rings is 3. The minimum absolute atomic E-state index is 0.128. The molecule has 4 aromatic rings. The van der Waals surface area contributed by atoms with E-state index in [0.717, 1.165) is 27.8 Å². The molecule has 208 valence electrons. The van der Waals surface area contributed by atoms with Gasteiger partial charge in [-0.1, -0.05) is 92.7 Å². The fourth-order valence-electron chi connectivity index (χ4n) is 4.58. The van der Waals surface area contributed by atoms with Gasteiger partial charge in [-0.25, -0.2) is 4.79 Å². The molecule has 40 heavy (non-hydrogen) atoms. The summed E-state index contributed by atoms with van der Waals surface area (Å²) in [7, 11) is 0. The van der Waals surface area contributed by atoms with Crippen LogP contribution in [0.25, 0.3) is 22.5 Å². The van der Waals surface area contributed by atoms with E-state index in [2.05, 4.69) is 20.6 Å². The number of esters is 1. The molecule has 0 aliphatic rings. The maximum absolute atomic E-state index is 13.4. The predicted octanol–water partition coefficient (Wildman–Crippen LogP) is 4.79. The van der Waals surface area contributed by atoms with Gasteiger partial charge in [0, 0.05) is 18.5 Å². The van der Waals surface area contributed by atoms with E-state index in [4.69, 9.17) is 4.74 Å². The van der Waals surface area contributed by atoms with Crippen molar-refractivity contribution in [2.75, 3.05) is 0 Å². The molecule has 0 radical (unpaired) electrons. The Morgan fingerprint density at radius 2 is 1.57 bits per heavy atom. The summed E-state index contributed by atoms with van der Waals surface area (Å²) in [6.07, 6.45) is -0.180. The van der Waals surface area contributed by atoms with Crippen molar-refractivity contribution in [3.63, 3.8) is 0 Å². The van der Waals surface area contributed by atoms with Gasteiger partial charge < -0.3 is 14.7 Å². The number of carbonyl (C=O) groups excluding carboxylic acids is 2. The smallest absolute Gasteiger partial charge is 0.329 e. The SMILES string of the molecule is CC(O)CCC(=O)N(Cc1ccc(-c2ccccc2-c2nn[nH]n2)cc1)C(C(=O)OCc1ccccc1)C(C)C. The Morgan fingerprint density at radius 1 is 0.900 bits per heavy atom. The minimum Gasteiger partial charge on any atom is -0.459 e. The molecule has 9 heteroatoms. The number of aromatic nitrogens is 4. The highest BCUT2D eigenvalue weighted by atomic mass is 16.5. The lowest BCUT2D eigenvalue weighted by atomic mass is 9.97. The number of tetrazole rings is 1. The summed E-state index contributed by atoms with van der Waals surface area (Å²) in [4.78, 5) is 28.3. The number of carbonyl (C=O) groups is 2. The highest BCUT2D eigenvalue weighted by molar-refractivity contribution is 5.85. The molecule has 4 rings (SSSR count). The van der Waals surface area contributed by atoms with Crippen LogP contribution in [0, 0.1) is 5.92 Å². The largest absolute Gasteiger partial charge is 0.459 e. The Kier molecular flexibility index (Phi) is 9.75. The van der Waals surface area contributed by atoms with Crippen LogP contribution in [0.1, 0.15) is 44.7 Å². The number of nitrogens with one attached hydrogen (secondary N) is 1. The predicted molar refractivity (Wildman–Crippen MR) is 151 cm³/mol. The second kappa shape index (κ2) is 13.6. The molecule has 0 saturated heterocycles. The van der Waals surface area contributed by atoms with E-state index in [1.165, 1.54) is 0 Å². The maximum Gasteiger partial charge on any atom is 0.329 e. The van der Waals surface area contributed by atoms with E-state index < -0.39 is 18.1 Å². The van der Waals surface area contributed by atoms with E-state index in [0.29, 0.717) is 12.2 Å². The third-order valence-electron chi connectivity index (χ3n) is 6.66. The number of amides is 1. The van der Waals surface area contributed by atoms with E-state index in [1.54, 1.807) is 11.8 Å². The molecule has 1 aromatic heterocycles. The molecular formula is C31H35N5O4. The van der Waals surface area contributed by atoms with E-state index >= 15 is 0 Å². The van der Waals surface area contributed by atoms with Crippen molar-refractivity contribution in [2.24, 2.45) is 5.92 Å². The topological polar surface area (TPSA) is 121 Å². The number of rotatable bonds is 12. The number of aliphatic hydroxyl groups is 1. The molecular weight excluding hydrogens is 506 g/mol. The Hall–Kier alpha value is -4.37. The van der Waals surface area contributed by atoms with Crippen LogP contribution >= 0.6 is 0 Å². The van der Waals surface area contributed by atoms with Crippen LogP contribution in [-0.4, -0.2) is 54.7 Å². The van der Waals surface area contributed by atoms with Crippen LogP contribution < -0.4 is 0 Å². The molecule has 0 saturated carbocycles. The second-order valence-electron chi connectivity index (χ2n) is 10.2. The Morgan fingerprint density at radius 3 is 2.20 bits per heavy atom. The Balaban J connectivity index is 1.57. The summed E-state index contributed by atoms with van der Waals surface area (Å²) in [5.74, 6) is -0.332. The van der Waals surface area contributed by atoms with Gasteiger partial charge >= 0.3 is 5.97 Å². The number of hydrogen-bond donors (Lipinski definition) is 2. The van der Waals surface area contributed by atoms with Gasteiger partial charge in [0.1, 0.15) is 12.6 Å². The van der Waals surface area contributed by atoms with E-state index in [-0.39, 0.29) is 31.4 Å². The first kappa shape index (κ1) is 28.6. The van der Waals surface area contributed by atoms with Gasteiger partial charge in [-0.2, -0.15) is 5.21 Å². The zero-order valence-electron chi connectivity index (χ0n) is 23.0. The van der Waals surface area contributed by atoms with Gasteiger partial charge in [-0.15, -0.1) is 10.2 Å². The molecule has 2 atom stereocenters. The molecule has 3 aromatic carbocycles. The van der Waals surface area contributed by atoms with Crippen LogP contribution in [0.4, 0.5) is 0 Å². The summed E-state index contributed by atoms with van der Waals surface area (Å²) in [6, 6.07) is 24.3. The van der Waals surface area contributed by atoms with Crippen molar-refractivity contribution in [1.29, 1.82) is 0 Å². The van der Waals surface area contributed by atoms with E-state index in [1.807, 2.05) is 92.7 Å². The highest BCUT2D eigenvalue weighted by Crippen LogP contribution is 2.30. The number of ether oxygens (including phenoxy) is 1. The number of aromatic amines is 1. The average molecular weight is 542 g/mol. The van der Waals surface area contributed by atoms with Crippen molar-refractivity contribution in [3.05, 3.63) is 90.0 Å². The first-order chi connectivity index (χ1) is 19.3.